The van der Waals surface area contributed by atoms with Crippen LogP contribution in [0.25, 0.3) is 5.70 Å². The molecule has 1 fully saturated rings. The van der Waals surface area contributed by atoms with Gasteiger partial charge in [-0.1, -0.05) is 43.2 Å². The number of aromatic nitrogens is 1. The van der Waals surface area contributed by atoms with Crippen LogP contribution < -0.4 is 10.2 Å². The number of halogens is 3. The first-order valence-corrected chi connectivity index (χ1v) is 10.3. The van der Waals surface area contributed by atoms with E-state index in [-0.39, 0.29) is 24.0 Å². The van der Waals surface area contributed by atoms with Gasteiger partial charge in [0.25, 0.3) is 0 Å². The zero-order chi connectivity index (χ0) is 21.9. The number of benzene rings is 1. The molecule has 0 bridgehead atoms. The lowest BCUT2D eigenvalue weighted by Gasteiger charge is -2.38. The molecule has 2 atom stereocenters. The molecule has 166 valence electrons. The predicted octanol–water partition coefficient (Wildman–Crippen LogP) is 5.10. The molecular weight excluding hydrogens is 409 g/mol. The highest BCUT2D eigenvalue weighted by atomic mass is 19.4. The van der Waals surface area contributed by atoms with Crippen LogP contribution >= 0.6 is 0 Å². The number of alkyl halides is 3. The molecule has 1 aromatic carbocycles. The predicted molar refractivity (Wildman–Crippen MR) is 109 cm³/mol. The quantitative estimate of drug-likeness (QED) is 0.642. The van der Waals surface area contributed by atoms with Gasteiger partial charge in [-0.15, -0.1) is 0 Å². The second kappa shape index (κ2) is 8.88. The fourth-order valence-corrected chi connectivity index (χ4v) is 4.32. The molecule has 1 spiro atoms. The number of methoxy groups -OCH3 is 1. The summed E-state index contributed by atoms with van der Waals surface area (Å²) in [4.78, 5) is 10.0. The lowest BCUT2D eigenvalue weighted by Crippen LogP contribution is -2.39. The molecule has 1 aliphatic carbocycles. The Kier molecular flexibility index (Phi) is 6.20. The molecule has 5 nitrogen and oxygen atoms in total. The monoisotopic (exact) mass is 434 g/mol. The smallest absolute Gasteiger partial charge is 0.417 e. The molecule has 1 aromatic heterocycles. The number of rotatable bonds is 6. The highest BCUT2D eigenvalue weighted by Gasteiger charge is 2.46. The Bertz CT molecular complexity index is 933. The van der Waals surface area contributed by atoms with Gasteiger partial charge in [-0.2, -0.15) is 13.2 Å². The van der Waals surface area contributed by atoms with Crippen molar-refractivity contribution in [1.29, 1.82) is 0 Å². The molecule has 2 aromatic rings. The fraction of sp³-hybridized carbons (Fsp3) is 0.435. The van der Waals surface area contributed by atoms with Crippen LogP contribution in [0.4, 0.5) is 13.2 Å². The maximum absolute atomic E-state index is 13.4. The summed E-state index contributed by atoms with van der Waals surface area (Å²) in [7, 11) is 1.52. The third-order valence-electron chi connectivity index (χ3n) is 5.84. The first-order chi connectivity index (χ1) is 14.9. The van der Waals surface area contributed by atoms with Crippen LogP contribution in [0, 0.1) is 0 Å². The Hall–Kier alpha value is -2.58. The second-order valence-corrected chi connectivity index (χ2v) is 7.84. The Morgan fingerprint density at radius 2 is 2.00 bits per heavy atom. The lowest BCUT2D eigenvalue weighted by molar-refractivity contribution is -0.137. The van der Waals surface area contributed by atoms with E-state index in [1.54, 1.807) is 0 Å². The van der Waals surface area contributed by atoms with Crippen molar-refractivity contribution in [1.82, 2.24) is 10.5 Å². The maximum Gasteiger partial charge on any atom is 0.417 e. The van der Waals surface area contributed by atoms with E-state index in [4.69, 9.17) is 14.3 Å². The summed E-state index contributed by atoms with van der Waals surface area (Å²) in [5.74, 6) is 0.209. The van der Waals surface area contributed by atoms with E-state index in [1.807, 2.05) is 24.3 Å². The van der Waals surface area contributed by atoms with E-state index in [2.05, 4.69) is 22.6 Å². The van der Waals surface area contributed by atoms with Gasteiger partial charge in [0.2, 0.25) is 5.88 Å². The molecule has 8 heteroatoms. The van der Waals surface area contributed by atoms with Crippen LogP contribution in [-0.2, 0) is 15.8 Å². The van der Waals surface area contributed by atoms with E-state index in [9.17, 15) is 13.2 Å². The third-order valence-corrected chi connectivity index (χ3v) is 5.84. The van der Waals surface area contributed by atoms with Gasteiger partial charge in [-0.3, -0.25) is 10.3 Å². The van der Waals surface area contributed by atoms with Gasteiger partial charge in [0.1, 0.15) is 12.2 Å². The van der Waals surface area contributed by atoms with Crippen LogP contribution in [0.3, 0.4) is 0 Å². The first kappa shape index (κ1) is 21.6. The van der Waals surface area contributed by atoms with Gasteiger partial charge in [-0.25, -0.2) is 4.98 Å². The summed E-state index contributed by atoms with van der Waals surface area (Å²) in [6.45, 7) is 0.471. The van der Waals surface area contributed by atoms with Crippen molar-refractivity contribution in [2.24, 2.45) is 0 Å². The Labute approximate surface area is 179 Å². The van der Waals surface area contributed by atoms with Crippen molar-refractivity contribution in [3.05, 3.63) is 65.4 Å². The van der Waals surface area contributed by atoms with E-state index in [1.165, 1.54) is 7.11 Å². The van der Waals surface area contributed by atoms with Gasteiger partial charge in [0.05, 0.1) is 23.4 Å². The average molecular weight is 434 g/mol. The highest BCUT2D eigenvalue weighted by Crippen LogP contribution is 2.48. The van der Waals surface area contributed by atoms with Crippen molar-refractivity contribution >= 4 is 5.70 Å². The summed E-state index contributed by atoms with van der Waals surface area (Å²) in [6, 6.07) is 11.1. The SMILES string of the molecule is COCCOc1ncc(C(F)(F)F)cc1C1=C[C@]2(CCCC[C@H]2c2ccccc2)ON1. The molecule has 2 aliphatic rings. The van der Waals surface area contributed by atoms with Crippen molar-refractivity contribution in [3.63, 3.8) is 0 Å². The van der Waals surface area contributed by atoms with E-state index < -0.39 is 17.3 Å². The Morgan fingerprint density at radius 1 is 1.19 bits per heavy atom. The number of hydrogen-bond donors (Lipinski definition) is 1. The molecular formula is C23H25F3N2O3. The number of ether oxygens (including phenoxy) is 2. The number of nitrogens with one attached hydrogen (secondary N) is 1. The standard InChI is InChI=1S/C23H25F3N2O3/c1-29-11-12-30-21-18(13-17(15-27-21)23(24,25)26)20-14-22(31-28-20)10-6-5-9-19(22)16-7-3-2-4-8-16/h2-4,7-8,13-15,19,28H,5-6,9-12H2,1H3/t19-,22-/m0/s1. The number of hydrogen-bond acceptors (Lipinski definition) is 5. The largest absolute Gasteiger partial charge is 0.475 e. The van der Waals surface area contributed by atoms with Gasteiger partial charge < -0.3 is 9.47 Å². The minimum Gasteiger partial charge on any atom is -0.475 e. The van der Waals surface area contributed by atoms with Crippen LogP contribution in [0.1, 0.15) is 48.3 Å². The van der Waals surface area contributed by atoms with Crippen molar-refractivity contribution in [2.75, 3.05) is 20.3 Å². The van der Waals surface area contributed by atoms with Crippen LogP contribution in [0.15, 0.2) is 48.7 Å². The number of nitrogens with zero attached hydrogens (tertiary/aromatic N) is 1. The fourth-order valence-electron chi connectivity index (χ4n) is 4.32. The molecule has 2 heterocycles. The minimum absolute atomic E-state index is 0.101. The summed E-state index contributed by atoms with van der Waals surface area (Å²) < 4.78 is 50.6. The second-order valence-electron chi connectivity index (χ2n) is 7.84. The molecule has 0 amide bonds. The third kappa shape index (κ3) is 4.55. The maximum atomic E-state index is 13.4. The highest BCUT2D eigenvalue weighted by molar-refractivity contribution is 5.70. The van der Waals surface area contributed by atoms with Gasteiger partial charge in [-0.05, 0) is 30.5 Å². The van der Waals surface area contributed by atoms with Crippen molar-refractivity contribution < 1.29 is 27.5 Å². The normalized spacial score (nSPS) is 23.5. The minimum atomic E-state index is -4.51. The van der Waals surface area contributed by atoms with Crippen molar-refractivity contribution in [3.8, 4) is 5.88 Å². The molecule has 0 saturated heterocycles. The summed E-state index contributed by atoms with van der Waals surface area (Å²) in [5.41, 5.74) is 3.23. The molecule has 31 heavy (non-hydrogen) atoms. The average Bonchev–Trinajstić information content (AvgIpc) is 3.18. The molecule has 1 saturated carbocycles. The summed E-state index contributed by atoms with van der Waals surface area (Å²) >= 11 is 0. The molecule has 0 radical (unpaired) electrons. The number of hydroxylamine groups is 1. The topological polar surface area (TPSA) is 52.6 Å². The zero-order valence-electron chi connectivity index (χ0n) is 17.2. The lowest BCUT2D eigenvalue weighted by atomic mass is 9.71. The Balaban J connectivity index is 1.72. The van der Waals surface area contributed by atoms with Crippen LogP contribution in [0.2, 0.25) is 0 Å². The van der Waals surface area contributed by atoms with Gasteiger partial charge >= 0.3 is 6.18 Å². The van der Waals surface area contributed by atoms with Crippen LogP contribution in [-0.4, -0.2) is 30.9 Å². The molecule has 0 unspecified atom stereocenters. The van der Waals surface area contributed by atoms with E-state index in [0.29, 0.717) is 12.3 Å². The van der Waals surface area contributed by atoms with Gasteiger partial charge in [0.15, 0.2) is 0 Å². The van der Waals surface area contributed by atoms with Crippen LogP contribution in [0.5, 0.6) is 5.88 Å². The van der Waals surface area contributed by atoms with Gasteiger partial charge in [0, 0.05) is 19.2 Å². The number of pyridine rings is 1. The van der Waals surface area contributed by atoms with E-state index in [0.717, 1.165) is 43.5 Å². The summed E-state index contributed by atoms with van der Waals surface area (Å²) in [6.07, 6.45) is 1.94. The first-order valence-electron chi connectivity index (χ1n) is 10.3. The zero-order valence-corrected chi connectivity index (χ0v) is 17.2. The molecule has 1 aliphatic heterocycles. The molecule has 1 N–H and O–H groups in total. The van der Waals surface area contributed by atoms with E-state index >= 15 is 0 Å². The summed E-state index contributed by atoms with van der Waals surface area (Å²) in [5, 5.41) is 0. The Morgan fingerprint density at radius 3 is 2.74 bits per heavy atom. The molecule has 4 rings (SSSR count). The van der Waals surface area contributed by atoms with Crippen molar-refractivity contribution in [2.45, 2.75) is 43.4 Å².